The average molecular weight is 267 g/mol. The van der Waals surface area contributed by atoms with Crippen LogP contribution in [0.4, 0.5) is 5.69 Å². The summed E-state index contributed by atoms with van der Waals surface area (Å²) >= 11 is 0. The van der Waals surface area contributed by atoms with Crippen LogP contribution in [0.2, 0.25) is 0 Å². The van der Waals surface area contributed by atoms with Crippen LogP contribution in [-0.2, 0) is 11.2 Å². The van der Waals surface area contributed by atoms with Gasteiger partial charge in [-0.2, -0.15) is 0 Å². The van der Waals surface area contributed by atoms with Gasteiger partial charge in [0.1, 0.15) is 6.04 Å². The molecule has 0 saturated carbocycles. The summed E-state index contributed by atoms with van der Waals surface area (Å²) in [5.41, 5.74) is 4.09. The lowest BCUT2D eigenvalue weighted by atomic mass is 9.94. The number of rotatable bonds is 2. The maximum absolute atomic E-state index is 12.5. The van der Waals surface area contributed by atoms with Crippen molar-refractivity contribution in [2.45, 2.75) is 19.4 Å². The first kappa shape index (κ1) is 12.8. The number of pyridine rings is 1. The molecule has 3 rings (SSSR count). The second-order valence-electron chi connectivity index (χ2n) is 5.02. The van der Waals surface area contributed by atoms with Crippen LogP contribution < -0.4 is 10.6 Å². The van der Waals surface area contributed by atoms with Crippen molar-refractivity contribution in [3.8, 4) is 0 Å². The minimum absolute atomic E-state index is 0.0340. The molecule has 0 aliphatic carbocycles. The van der Waals surface area contributed by atoms with Gasteiger partial charge >= 0.3 is 0 Å². The third kappa shape index (κ3) is 2.42. The lowest BCUT2D eigenvalue weighted by molar-refractivity contribution is -0.118. The number of hydrogen-bond donors (Lipinski definition) is 2. The molecule has 2 N–H and O–H groups in total. The summed E-state index contributed by atoms with van der Waals surface area (Å²) < 4.78 is 0. The standard InChI is InChI=1S/C16H17N3O/c1-11-6-8-17-10-14(11)19-16(20)15-13-5-3-2-4-12(13)7-9-18-15/h2-6,8,10,15,18H,7,9H2,1H3,(H,19,20). The topological polar surface area (TPSA) is 54.0 Å². The maximum Gasteiger partial charge on any atom is 0.246 e. The highest BCUT2D eigenvalue weighted by Crippen LogP contribution is 2.24. The summed E-state index contributed by atoms with van der Waals surface area (Å²) in [5.74, 6) is -0.0340. The molecular formula is C16H17N3O. The Balaban J connectivity index is 1.84. The first-order valence-electron chi connectivity index (χ1n) is 6.78. The number of hydrogen-bond acceptors (Lipinski definition) is 3. The van der Waals surface area contributed by atoms with Crippen LogP contribution in [-0.4, -0.2) is 17.4 Å². The molecule has 20 heavy (non-hydrogen) atoms. The second-order valence-corrected chi connectivity index (χ2v) is 5.02. The molecule has 1 aliphatic heterocycles. The van der Waals surface area contributed by atoms with Crippen molar-refractivity contribution in [2.75, 3.05) is 11.9 Å². The zero-order chi connectivity index (χ0) is 13.9. The van der Waals surface area contributed by atoms with Gasteiger partial charge in [0.05, 0.1) is 11.9 Å². The van der Waals surface area contributed by atoms with Crippen LogP contribution in [0.5, 0.6) is 0 Å². The van der Waals surface area contributed by atoms with Gasteiger partial charge in [-0.3, -0.25) is 9.78 Å². The van der Waals surface area contributed by atoms with Crippen molar-refractivity contribution < 1.29 is 4.79 Å². The Bertz CT molecular complexity index is 639. The molecule has 0 bridgehead atoms. The van der Waals surface area contributed by atoms with E-state index in [0.717, 1.165) is 29.8 Å². The van der Waals surface area contributed by atoms with Crippen LogP contribution in [0.1, 0.15) is 22.7 Å². The molecule has 1 amide bonds. The van der Waals surface area contributed by atoms with Crippen molar-refractivity contribution >= 4 is 11.6 Å². The molecule has 0 spiro atoms. The summed E-state index contributed by atoms with van der Waals surface area (Å²) in [6.07, 6.45) is 4.37. The molecule has 2 heterocycles. The summed E-state index contributed by atoms with van der Waals surface area (Å²) in [5, 5.41) is 6.24. The predicted octanol–water partition coefficient (Wildman–Crippen LogP) is 2.22. The lowest BCUT2D eigenvalue weighted by Gasteiger charge is -2.26. The van der Waals surface area contributed by atoms with Gasteiger partial charge in [0.2, 0.25) is 5.91 Å². The molecule has 1 aromatic carbocycles. The molecule has 2 aromatic rings. The van der Waals surface area contributed by atoms with Gasteiger partial charge in [0, 0.05) is 12.7 Å². The largest absolute Gasteiger partial charge is 0.323 e. The predicted molar refractivity (Wildman–Crippen MR) is 78.5 cm³/mol. The van der Waals surface area contributed by atoms with Gasteiger partial charge in [-0.25, -0.2) is 0 Å². The van der Waals surface area contributed by atoms with Gasteiger partial charge < -0.3 is 10.6 Å². The van der Waals surface area contributed by atoms with Crippen molar-refractivity contribution in [3.05, 3.63) is 59.4 Å². The zero-order valence-corrected chi connectivity index (χ0v) is 11.4. The number of aryl methyl sites for hydroxylation is 1. The van der Waals surface area contributed by atoms with Crippen molar-refractivity contribution in [3.63, 3.8) is 0 Å². The Kier molecular flexibility index (Phi) is 3.48. The fourth-order valence-corrected chi connectivity index (χ4v) is 2.54. The van der Waals surface area contributed by atoms with E-state index < -0.39 is 0 Å². The fourth-order valence-electron chi connectivity index (χ4n) is 2.54. The highest BCUT2D eigenvalue weighted by atomic mass is 16.2. The number of carbonyl (C=O) groups is 1. The van der Waals surface area contributed by atoms with Gasteiger partial charge in [-0.15, -0.1) is 0 Å². The van der Waals surface area contributed by atoms with Crippen molar-refractivity contribution in [2.24, 2.45) is 0 Å². The van der Waals surface area contributed by atoms with Gasteiger partial charge in [0.15, 0.2) is 0 Å². The van der Waals surface area contributed by atoms with E-state index in [-0.39, 0.29) is 11.9 Å². The summed E-state index contributed by atoms with van der Waals surface area (Å²) in [6, 6.07) is 9.69. The third-order valence-corrected chi connectivity index (χ3v) is 3.67. The normalized spacial score (nSPS) is 17.4. The molecule has 0 fully saturated rings. The van der Waals surface area contributed by atoms with Gasteiger partial charge in [-0.05, 0) is 36.1 Å². The van der Waals surface area contributed by atoms with Crippen molar-refractivity contribution in [1.29, 1.82) is 0 Å². The van der Waals surface area contributed by atoms with E-state index in [1.54, 1.807) is 12.4 Å². The van der Waals surface area contributed by atoms with Crippen LogP contribution in [0.25, 0.3) is 0 Å². The van der Waals surface area contributed by atoms with E-state index >= 15 is 0 Å². The number of fused-ring (bicyclic) bond motifs is 1. The average Bonchev–Trinajstić information content (AvgIpc) is 2.49. The van der Waals surface area contributed by atoms with E-state index in [2.05, 4.69) is 21.7 Å². The summed E-state index contributed by atoms with van der Waals surface area (Å²) in [4.78, 5) is 16.5. The van der Waals surface area contributed by atoms with Gasteiger partial charge in [-0.1, -0.05) is 24.3 Å². The summed E-state index contributed by atoms with van der Waals surface area (Å²) in [7, 11) is 0. The number of nitrogens with one attached hydrogen (secondary N) is 2. The molecule has 0 radical (unpaired) electrons. The van der Waals surface area contributed by atoms with E-state index in [1.807, 2.05) is 31.2 Å². The molecule has 102 valence electrons. The molecule has 1 atom stereocenters. The van der Waals surface area contributed by atoms with Crippen LogP contribution in [0.15, 0.2) is 42.7 Å². The maximum atomic E-state index is 12.5. The highest BCUT2D eigenvalue weighted by molar-refractivity contribution is 5.96. The molecule has 1 aliphatic rings. The Morgan fingerprint density at radius 2 is 2.20 bits per heavy atom. The first-order valence-corrected chi connectivity index (χ1v) is 6.78. The van der Waals surface area contributed by atoms with Crippen molar-refractivity contribution in [1.82, 2.24) is 10.3 Å². The minimum atomic E-state index is -0.292. The Hall–Kier alpha value is -2.20. The quantitative estimate of drug-likeness (QED) is 0.877. The Labute approximate surface area is 118 Å². The fraction of sp³-hybridized carbons (Fsp3) is 0.250. The second kappa shape index (κ2) is 5.43. The van der Waals surface area contributed by atoms with E-state index in [9.17, 15) is 4.79 Å². The SMILES string of the molecule is Cc1ccncc1NC(=O)C1NCCc2ccccc21. The molecular weight excluding hydrogens is 250 g/mol. The molecule has 0 saturated heterocycles. The number of anilines is 1. The zero-order valence-electron chi connectivity index (χ0n) is 11.4. The number of aromatic nitrogens is 1. The van der Waals surface area contributed by atoms with E-state index in [4.69, 9.17) is 0 Å². The first-order chi connectivity index (χ1) is 9.75. The Morgan fingerprint density at radius 1 is 1.35 bits per heavy atom. The number of benzene rings is 1. The van der Waals surface area contributed by atoms with Crippen LogP contribution in [0, 0.1) is 6.92 Å². The third-order valence-electron chi connectivity index (χ3n) is 3.67. The van der Waals surface area contributed by atoms with E-state index in [0.29, 0.717) is 0 Å². The number of carbonyl (C=O) groups excluding carboxylic acids is 1. The molecule has 1 aromatic heterocycles. The monoisotopic (exact) mass is 267 g/mol. The Morgan fingerprint density at radius 3 is 3.05 bits per heavy atom. The highest BCUT2D eigenvalue weighted by Gasteiger charge is 2.25. The molecule has 4 heteroatoms. The number of nitrogens with zero attached hydrogens (tertiary/aromatic N) is 1. The van der Waals surface area contributed by atoms with Crippen LogP contribution in [0.3, 0.4) is 0 Å². The molecule has 1 unspecified atom stereocenters. The summed E-state index contributed by atoms with van der Waals surface area (Å²) in [6.45, 7) is 2.78. The minimum Gasteiger partial charge on any atom is -0.323 e. The lowest BCUT2D eigenvalue weighted by Crippen LogP contribution is -2.38. The van der Waals surface area contributed by atoms with Gasteiger partial charge in [0.25, 0.3) is 0 Å². The number of amides is 1. The van der Waals surface area contributed by atoms with Crippen LogP contribution >= 0.6 is 0 Å². The smallest absolute Gasteiger partial charge is 0.246 e. The molecule has 4 nitrogen and oxygen atoms in total. The van der Waals surface area contributed by atoms with E-state index in [1.165, 1.54) is 5.56 Å².